The Morgan fingerprint density at radius 2 is 1.79 bits per heavy atom. The molecule has 0 radical (unpaired) electrons. The third-order valence-electron chi connectivity index (χ3n) is 4.37. The van der Waals surface area contributed by atoms with Crippen LogP contribution < -0.4 is 10.6 Å². The van der Waals surface area contributed by atoms with Crippen LogP contribution in [0, 0.1) is 6.92 Å². The molecule has 1 aromatic carbocycles. The van der Waals surface area contributed by atoms with Gasteiger partial charge in [-0.1, -0.05) is 35.9 Å². The Bertz CT molecular complexity index is 847. The van der Waals surface area contributed by atoms with Crippen molar-refractivity contribution in [1.82, 2.24) is 15.5 Å². The molecule has 1 rings (SSSR count). The number of nitrogens with one attached hydrogen (secondary N) is 2. The number of carbonyl (C=O) groups is 4. The zero-order valence-electron chi connectivity index (χ0n) is 19.7. The zero-order chi connectivity index (χ0) is 25.2. The molecule has 33 heavy (non-hydrogen) atoms. The van der Waals surface area contributed by atoms with Gasteiger partial charge in [0, 0.05) is 6.54 Å². The Morgan fingerprint density at radius 3 is 2.27 bits per heavy atom. The van der Waals surface area contributed by atoms with Gasteiger partial charge in [-0.15, -0.1) is 6.58 Å². The van der Waals surface area contributed by atoms with E-state index in [2.05, 4.69) is 21.9 Å². The highest BCUT2D eigenvalue weighted by atomic mass is 16.6. The van der Waals surface area contributed by atoms with Gasteiger partial charge in [-0.3, -0.25) is 14.4 Å². The summed E-state index contributed by atoms with van der Waals surface area (Å²) in [5.74, 6) is -2.04. The number of esters is 1. The van der Waals surface area contributed by atoms with Crippen LogP contribution in [0.5, 0.6) is 0 Å². The van der Waals surface area contributed by atoms with Gasteiger partial charge in [0.2, 0.25) is 11.8 Å². The first kappa shape index (κ1) is 27.6. The van der Waals surface area contributed by atoms with Gasteiger partial charge < -0.3 is 30.1 Å². The van der Waals surface area contributed by atoms with E-state index in [4.69, 9.17) is 4.74 Å². The van der Waals surface area contributed by atoms with Crippen molar-refractivity contribution in [3.8, 4) is 0 Å². The van der Waals surface area contributed by atoms with Crippen molar-refractivity contribution < 1.29 is 33.8 Å². The van der Waals surface area contributed by atoms with Crippen LogP contribution in [0.2, 0.25) is 0 Å². The average Bonchev–Trinajstić information content (AvgIpc) is 2.74. The van der Waals surface area contributed by atoms with Gasteiger partial charge in [0.1, 0.15) is 24.2 Å². The number of alkyl carbamates (subject to hydrolysis) is 1. The molecular formula is C23H33N3O7. The minimum absolute atomic E-state index is 0.0739. The lowest BCUT2D eigenvalue weighted by Gasteiger charge is -2.33. The van der Waals surface area contributed by atoms with E-state index in [1.165, 1.54) is 13.2 Å². The Kier molecular flexibility index (Phi) is 10.5. The molecule has 1 aromatic rings. The van der Waals surface area contributed by atoms with Gasteiger partial charge >= 0.3 is 12.1 Å². The number of benzene rings is 1. The van der Waals surface area contributed by atoms with Crippen molar-refractivity contribution in [1.29, 1.82) is 0 Å². The first-order chi connectivity index (χ1) is 15.4. The summed E-state index contributed by atoms with van der Waals surface area (Å²) < 4.78 is 9.71. The Morgan fingerprint density at radius 1 is 1.18 bits per heavy atom. The minimum Gasteiger partial charge on any atom is -0.468 e. The van der Waals surface area contributed by atoms with Crippen molar-refractivity contribution >= 4 is 23.9 Å². The first-order valence-electron chi connectivity index (χ1n) is 10.4. The second-order valence-corrected chi connectivity index (χ2v) is 8.27. The topological polar surface area (TPSA) is 134 Å². The van der Waals surface area contributed by atoms with Gasteiger partial charge in [0.05, 0.1) is 13.7 Å². The molecule has 0 heterocycles. The highest BCUT2D eigenvalue weighted by Crippen LogP contribution is 2.23. The van der Waals surface area contributed by atoms with E-state index < -0.39 is 54.7 Å². The largest absolute Gasteiger partial charge is 0.468 e. The van der Waals surface area contributed by atoms with Crippen LogP contribution in [0.25, 0.3) is 0 Å². The van der Waals surface area contributed by atoms with E-state index in [0.717, 1.165) is 10.5 Å². The molecule has 3 amide bonds. The van der Waals surface area contributed by atoms with E-state index >= 15 is 0 Å². The average molecular weight is 464 g/mol. The molecule has 2 atom stereocenters. The second-order valence-electron chi connectivity index (χ2n) is 8.27. The summed E-state index contributed by atoms with van der Waals surface area (Å²) >= 11 is 0. The fourth-order valence-electron chi connectivity index (χ4n) is 2.85. The van der Waals surface area contributed by atoms with Crippen LogP contribution in [-0.2, 0) is 23.9 Å². The maximum Gasteiger partial charge on any atom is 0.408 e. The molecule has 0 aromatic heterocycles. The van der Waals surface area contributed by atoms with Gasteiger partial charge in [-0.2, -0.15) is 0 Å². The van der Waals surface area contributed by atoms with Crippen LogP contribution in [0.15, 0.2) is 36.9 Å². The Labute approximate surface area is 193 Å². The number of hydrogen-bond donors (Lipinski definition) is 3. The maximum absolute atomic E-state index is 13.3. The van der Waals surface area contributed by atoms with Crippen molar-refractivity contribution in [2.75, 3.05) is 26.8 Å². The summed E-state index contributed by atoms with van der Waals surface area (Å²) in [6, 6.07) is 4.35. The Hall–Kier alpha value is -3.40. The lowest BCUT2D eigenvalue weighted by atomic mass is 10.0. The zero-order valence-corrected chi connectivity index (χ0v) is 19.7. The number of nitrogens with zero attached hydrogens (tertiary/aromatic N) is 1. The number of carbonyl (C=O) groups excluding carboxylic acids is 4. The van der Waals surface area contributed by atoms with E-state index in [-0.39, 0.29) is 6.54 Å². The molecular weight excluding hydrogens is 430 g/mol. The molecule has 0 saturated heterocycles. The van der Waals surface area contributed by atoms with E-state index in [0.29, 0.717) is 5.56 Å². The van der Waals surface area contributed by atoms with Crippen molar-refractivity contribution in [2.45, 2.75) is 45.4 Å². The van der Waals surface area contributed by atoms with E-state index in [1.54, 1.807) is 45.0 Å². The number of amides is 3. The summed E-state index contributed by atoms with van der Waals surface area (Å²) in [5.41, 5.74) is 0.590. The maximum atomic E-state index is 13.3. The minimum atomic E-state index is -1.37. The normalized spacial score (nSPS) is 12.7. The molecule has 182 valence electrons. The third kappa shape index (κ3) is 8.93. The van der Waals surface area contributed by atoms with Gasteiger partial charge in [0.25, 0.3) is 0 Å². The summed E-state index contributed by atoms with van der Waals surface area (Å²) in [6.45, 7) is 9.29. The molecule has 0 bridgehead atoms. The second kappa shape index (κ2) is 12.6. The third-order valence-corrected chi connectivity index (χ3v) is 4.37. The molecule has 0 aliphatic carbocycles. The predicted octanol–water partition coefficient (Wildman–Crippen LogP) is 1.23. The van der Waals surface area contributed by atoms with Crippen LogP contribution >= 0.6 is 0 Å². The molecule has 10 nitrogen and oxygen atoms in total. The van der Waals surface area contributed by atoms with Crippen LogP contribution in [0.1, 0.15) is 37.9 Å². The fourth-order valence-corrected chi connectivity index (χ4v) is 2.85. The lowest BCUT2D eigenvalue weighted by molar-refractivity contribution is -0.144. The van der Waals surface area contributed by atoms with Crippen molar-refractivity contribution in [3.05, 3.63) is 48.0 Å². The standard InChI is InChI=1S/C23H33N3O7/c1-7-12-26(21(30)17(14-27)25-22(31)33-23(3,4)5)19(16-10-8-15(2)9-11-16)20(29)24-13-18(28)32-6/h7-11,17,19,27H,1,12-14H2,2-6H3,(H,24,29)(H,25,31). The first-order valence-corrected chi connectivity index (χ1v) is 10.4. The van der Waals surface area contributed by atoms with Crippen LogP contribution in [-0.4, -0.2) is 72.3 Å². The summed E-state index contributed by atoms with van der Waals surface area (Å²) in [4.78, 5) is 51.2. The van der Waals surface area contributed by atoms with Crippen molar-refractivity contribution in [2.24, 2.45) is 0 Å². The summed E-state index contributed by atoms with van der Waals surface area (Å²) in [5, 5.41) is 14.6. The summed E-state index contributed by atoms with van der Waals surface area (Å²) in [6.07, 6.45) is 0.518. The number of aliphatic hydroxyl groups excluding tert-OH is 1. The van der Waals surface area contributed by atoms with Gasteiger partial charge in [-0.05, 0) is 33.3 Å². The monoisotopic (exact) mass is 463 g/mol. The smallest absolute Gasteiger partial charge is 0.408 e. The molecule has 10 heteroatoms. The van der Waals surface area contributed by atoms with E-state index in [9.17, 15) is 24.3 Å². The predicted molar refractivity (Wildman–Crippen MR) is 121 cm³/mol. The summed E-state index contributed by atoms with van der Waals surface area (Å²) in [7, 11) is 1.19. The quantitative estimate of drug-likeness (QED) is 0.351. The number of aryl methyl sites for hydroxylation is 1. The fraction of sp³-hybridized carbons (Fsp3) is 0.478. The molecule has 0 aliphatic heterocycles. The lowest BCUT2D eigenvalue weighted by Crippen LogP contribution is -2.54. The highest BCUT2D eigenvalue weighted by molar-refractivity contribution is 5.93. The van der Waals surface area contributed by atoms with Gasteiger partial charge in [0.15, 0.2) is 0 Å². The molecule has 0 spiro atoms. The number of rotatable bonds is 10. The van der Waals surface area contributed by atoms with E-state index in [1.807, 2.05) is 6.92 Å². The highest BCUT2D eigenvalue weighted by Gasteiger charge is 2.35. The SMILES string of the molecule is C=CCN(C(=O)C(CO)NC(=O)OC(C)(C)C)C(C(=O)NCC(=O)OC)c1ccc(C)cc1. The molecule has 0 saturated carbocycles. The molecule has 3 N–H and O–H groups in total. The van der Waals surface area contributed by atoms with Gasteiger partial charge in [-0.25, -0.2) is 4.79 Å². The Balaban J connectivity index is 3.29. The number of methoxy groups -OCH3 is 1. The number of hydrogen-bond acceptors (Lipinski definition) is 7. The number of ether oxygens (including phenoxy) is 2. The molecule has 0 aliphatic rings. The molecule has 0 fully saturated rings. The van der Waals surface area contributed by atoms with Crippen LogP contribution in [0.3, 0.4) is 0 Å². The van der Waals surface area contributed by atoms with Crippen LogP contribution in [0.4, 0.5) is 4.79 Å². The number of aliphatic hydroxyl groups is 1. The van der Waals surface area contributed by atoms with Crippen molar-refractivity contribution in [3.63, 3.8) is 0 Å². The molecule has 2 unspecified atom stereocenters.